The van der Waals surface area contributed by atoms with E-state index in [1.165, 1.54) is 0 Å². The van der Waals surface area contributed by atoms with Crippen LogP contribution >= 0.6 is 0 Å². The van der Waals surface area contributed by atoms with E-state index < -0.39 is 0 Å². The normalized spacial score (nSPS) is 11.5. The lowest BCUT2D eigenvalue weighted by molar-refractivity contribution is 1.05. The van der Waals surface area contributed by atoms with E-state index in [9.17, 15) is 4.79 Å². The van der Waals surface area contributed by atoms with E-state index >= 15 is 0 Å². The second kappa shape index (κ2) is 6.42. The first-order valence-electron chi connectivity index (χ1n) is 9.88. The molecular formula is C26H17N3O. The van der Waals surface area contributed by atoms with Gasteiger partial charge in [0.2, 0.25) is 5.78 Å². The highest BCUT2D eigenvalue weighted by atomic mass is 16.1. The molecule has 0 radical (unpaired) electrons. The molecule has 0 atom stereocenters. The Bertz CT molecular complexity index is 1610. The first-order valence-corrected chi connectivity index (χ1v) is 9.88. The molecule has 0 saturated carbocycles. The summed E-state index contributed by atoms with van der Waals surface area (Å²) in [7, 11) is 0. The highest BCUT2D eigenvalue weighted by Crippen LogP contribution is 2.27. The van der Waals surface area contributed by atoms with Crippen LogP contribution in [-0.2, 0) is 0 Å². The van der Waals surface area contributed by atoms with E-state index in [2.05, 4.69) is 34.9 Å². The third kappa shape index (κ3) is 2.40. The number of para-hydroxylation sites is 3. The number of nitrogens with zero attached hydrogens (tertiary/aromatic N) is 3. The molecule has 0 aliphatic carbocycles. The predicted molar refractivity (Wildman–Crippen MR) is 121 cm³/mol. The van der Waals surface area contributed by atoms with Crippen LogP contribution in [0.25, 0.3) is 44.5 Å². The summed E-state index contributed by atoms with van der Waals surface area (Å²) in [5.41, 5.74) is 5.68. The molecule has 4 heteroatoms. The Kier molecular flexibility index (Phi) is 3.59. The lowest BCUT2D eigenvalue weighted by Crippen LogP contribution is -2.15. The summed E-state index contributed by atoms with van der Waals surface area (Å²) < 4.78 is 3.78. The van der Waals surface area contributed by atoms with E-state index in [0.29, 0.717) is 16.7 Å². The van der Waals surface area contributed by atoms with Gasteiger partial charge in [0.15, 0.2) is 0 Å². The minimum absolute atomic E-state index is 0.0511. The fraction of sp³-hybridized carbons (Fsp3) is 0. The summed E-state index contributed by atoms with van der Waals surface area (Å²) in [6.07, 6.45) is 0. The zero-order chi connectivity index (χ0) is 20.1. The van der Waals surface area contributed by atoms with Gasteiger partial charge in [-0.05, 0) is 47.5 Å². The molecule has 6 rings (SSSR count). The first-order chi connectivity index (χ1) is 14.8. The van der Waals surface area contributed by atoms with Crippen molar-refractivity contribution in [1.82, 2.24) is 14.0 Å². The predicted octanol–water partition coefficient (Wildman–Crippen LogP) is 5.46. The zero-order valence-electron chi connectivity index (χ0n) is 16.1. The maximum Gasteiger partial charge on any atom is 0.267 e. The first kappa shape index (κ1) is 16.7. The number of hydrogen-bond donors (Lipinski definition) is 0. The lowest BCUT2D eigenvalue weighted by atomic mass is 10.1. The fourth-order valence-corrected chi connectivity index (χ4v) is 4.15. The van der Waals surface area contributed by atoms with Crippen LogP contribution in [0.4, 0.5) is 0 Å². The molecule has 2 aromatic heterocycles. The number of fused-ring (bicyclic) bond motifs is 4. The van der Waals surface area contributed by atoms with Gasteiger partial charge < -0.3 is 0 Å². The molecule has 4 nitrogen and oxygen atoms in total. The molecule has 0 saturated heterocycles. The molecule has 6 aromatic rings. The van der Waals surface area contributed by atoms with Gasteiger partial charge in [0.05, 0.1) is 21.9 Å². The zero-order valence-corrected chi connectivity index (χ0v) is 16.1. The lowest BCUT2D eigenvalue weighted by Gasteiger charge is -2.09. The van der Waals surface area contributed by atoms with E-state index in [1.54, 1.807) is 4.40 Å². The van der Waals surface area contributed by atoms with Gasteiger partial charge in [0.1, 0.15) is 0 Å². The van der Waals surface area contributed by atoms with Crippen molar-refractivity contribution < 1.29 is 0 Å². The molecule has 0 aliphatic heterocycles. The average molecular weight is 387 g/mol. The van der Waals surface area contributed by atoms with E-state index in [-0.39, 0.29) is 5.56 Å². The Morgan fingerprint density at radius 1 is 0.633 bits per heavy atom. The summed E-state index contributed by atoms with van der Waals surface area (Å²) in [5.74, 6) is 0.616. The van der Waals surface area contributed by atoms with E-state index in [4.69, 9.17) is 4.98 Å². The van der Waals surface area contributed by atoms with Gasteiger partial charge >= 0.3 is 0 Å². The molecule has 0 aliphatic rings. The molecule has 0 N–H and O–H groups in total. The molecule has 0 amide bonds. The van der Waals surface area contributed by atoms with Crippen LogP contribution in [0.3, 0.4) is 0 Å². The Morgan fingerprint density at radius 2 is 1.33 bits per heavy atom. The van der Waals surface area contributed by atoms with Crippen LogP contribution in [0.2, 0.25) is 0 Å². The highest BCUT2D eigenvalue weighted by molar-refractivity contribution is 5.88. The largest absolute Gasteiger partial charge is 0.278 e. The molecule has 0 unspecified atom stereocenters. The van der Waals surface area contributed by atoms with Gasteiger partial charge in [-0.3, -0.25) is 9.36 Å². The maximum atomic E-state index is 13.3. The van der Waals surface area contributed by atoms with Gasteiger partial charge in [-0.2, -0.15) is 0 Å². The molecule has 2 heterocycles. The summed E-state index contributed by atoms with van der Waals surface area (Å²) in [4.78, 5) is 18.2. The van der Waals surface area contributed by atoms with E-state index in [1.807, 2.05) is 72.8 Å². The number of rotatable bonds is 2. The Balaban J connectivity index is 1.74. The fourth-order valence-electron chi connectivity index (χ4n) is 4.15. The minimum Gasteiger partial charge on any atom is -0.278 e. The van der Waals surface area contributed by atoms with Crippen LogP contribution in [-0.4, -0.2) is 14.0 Å². The summed E-state index contributed by atoms with van der Waals surface area (Å²) >= 11 is 0. The van der Waals surface area contributed by atoms with Gasteiger partial charge in [-0.15, -0.1) is 0 Å². The molecular weight excluding hydrogens is 370 g/mol. The number of aromatic nitrogens is 3. The minimum atomic E-state index is -0.0511. The third-order valence-electron chi connectivity index (χ3n) is 5.53. The molecule has 4 aromatic carbocycles. The van der Waals surface area contributed by atoms with Crippen LogP contribution in [0, 0.1) is 0 Å². The quantitative estimate of drug-likeness (QED) is 0.396. The van der Waals surface area contributed by atoms with Crippen LogP contribution in [0.1, 0.15) is 0 Å². The molecule has 0 bridgehead atoms. The summed E-state index contributed by atoms with van der Waals surface area (Å²) in [6, 6.07) is 34.1. The summed E-state index contributed by atoms with van der Waals surface area (Å²) in [6.45, 7) is 0. The molecule has 30 heavy (non-hydrogen) atoms. The average Bonchev–Trinajstić information content (AvgIpc) is 3.14. The van der Waals surface area contributed by atoms with Crippen molar-refractivity contribution in [3.05, 3.63) is 113 Å². The molecule has 0 fully saturated rings. The summed E-state index contributed by atoms with van der Waals surface area (Å²) in [5, 5.41) is 0.621. The Labute approximate surface area is 172 Å². The van der Waals surface area contributed by atoms with Crippen molar-refractivity contribution in [1.29, 1.82) is 0 Å². The SMILES string of the molecule is O=c1c2ccccc2nc2n(-c3cccc(-c4ccccc4)c3)c3ccccc3n12. The highest BCUT2D eigenvalue weighted by Gasteiger charge is 2.16. The number of benzene rings is 4. The smallest absolute Gasteiger partial charge is 0.267 e. The van der Waals surface area contributed by atoms with Gasteiger partial charge in [-0.1, -0.05) is 66.7 Å². The van der Waals surface area contributed by atoms with Crippen molar-refractivity contribution in [2.45, 2.75) is 0 Å². The van der Waals surface area contributed by atoms with Crippen molar-refractivity contribution >= 4 is 27.7 Å². The van der Waals surface area contributed by atoms with Gasteiger partial charge in [0, 0.05) is 5.69 Å². The van der Waals surface area contributed by atoms with Crippen LogP contribution in [0.15, 0.2) is 108 Å². The van der Waals surface area contributed by atoms with Crippen molar-refractivity contribution in [3.8, 4) is 16.8 Å². The van der Waals surface area contributed by atoms with Crippen molar-refractivity contribution in [2.75, 3.05) is 0 Å². The number of hydrogen-bond acceptors (Lipinski definition) is 2. The van der Waals surface area contributed by atoms with Crippen molar-refractivity contribution in [2.24, 2.45) is 0 Å². The Hall–Kier alpha value is -4.18. The van der Waals surface area contributed by atoms with Crippen molar-refractivity contribution in [3.63, 3.8) is 0 Å². The second-order valence-corrected chi connectivity index (χ2v) is 7.31. The van der Waals surface area contributed by atoms with Gasteiger partial charge in [-0.25, -0.2) is 9.38 Å². The number of imidazole rings is 1. The molecule has 142 valence electrons. The molecule has 0 spiro atoms. The van der Waals surface area contributed by atoms with E-state index in [0.717, 1.165) is 27.8 Å². The third-order valence-corrected chi connectivity index (χ3v) is 5.53. The Morgan fingerprint density at radius 3 is 2.20 bits per heavy atom. The van der Waals surface area contributed by atoms with Crippen LogP contribution < -0.4 is 5.56 Å². The van der Waals surface area contributed by atoms with Gasteiger partial charge in [0.25, 0.3) is 5.56 Å². The second-order valence-electron chi connectivity index (χ2n) is 7.31. The standard InChI is InChI=1S/C26H17N3O/c30-25-21-13-4-5-14-22(21)27-26-28(23-15-6-7-16-24(23)29(25)26)20-12-8-11-19(17-20)18-9-2-1-3-10-18/h1-17H. The maximum absolute atomic E-state index is 13.3. The topological polar surface area (TPSA) is 39.3 Å². The van der Waals surface area contributed by atoms with Crippen LogP contribution in [0.5, 0.6) is 0 Å². The monoisotopic (exact) mass is 387 g/mol.